The van der Waals surface area contributed by atoms with Crippen molar-refractivity contribution in [2.24, 2.45) is 5.92 Å². The number of aryl methyl sites for hydroxylation is 2. The van der Waals surface area contributed by atoms with E-state index in [1.807, 2.05) is 37.8 Å². The number of piperazine rings is 1. The maximum Gasteiger partial charge on any atom is 0.251 e. The van der Waals surface area contributed by atoms with Crippen molar-refractivity contribution in [3.63, 3.8) is 0 Å². The SMILES string of the molecule is Cc1ccc(C(=O)NC(C(=O)N2CCN(c3cccc(C)c3)CC2)C(C)C)cc1. The molecule has 0 aliphatic carbocycles. The molecule has 2 aromatic rings. The number of carbonyl (C=O) groups excluding carboxylic acids is 2. The summed E-state index contributed by atoms with van der Waals surface area (Å²) in [5.74, 6) is -0.175. The van der Waals surface area contributed by atoms with E-state index in [1.165, 1.54) is 11.3 Å². The van der Waals surface area contributed by atoms with Crippen molar-refractivity contribution in [3.8, 4) is 0 Å². The topological polar surface area (TPSA) is 52.7 Å². The Balaban J connectivity index is 1.62. The van der Waals surface area contributed by atoms with Crippen LogP contribution in [0.2, 0.25) is 0 Å². The van der Waals surface area contributed by atoms with Crippen LogP contribution < -0.4 is 10.2 Å². The lowest BCUT2D eigenvalue weighted by molar-refractivity contribution is -0.134. The van der Waals surface area contributed by atoms with Gasteiger partial charge in [-0.2, -0.15) is 0 Å². The molecule has 5 heteroatoms. The molecule has 2 aromatic carbocycles. The van der Waals surface area contributed by atoms with Crippen LogP contribution in [0.5, 0.6) is 0 Å². The van der Waals surface area contributed by atoms with E-state index < -0.39 is 6.04 Å². The molecule has 1 fully saturated rings. The first-order chi connectivity index (χ1) is 13.8. The minimum Gasteiger partial charge on any atom is -0.368 e. The summed E-state index contributed by atoms with van der Waals surface area (Å²) >= 11 is 0. The van der Waals surface area contributed by atoms with Crippen molar-refractivity contribution in [3.05, 3.63) is 65.2 Å². The maximum atomic E-state index is 13.2. The summed E-state index contributed by atoms with van der Waals surface area (Å²) in [6.07, 6.45) is 0. The molecule has 0 aromatic heterocycles. The zero-order valence-corrected chi connectivity index (χ0v) is 17.8. The molecule has 2 amide bonds. The van der Waals surface area contributed by atoms with Crippen molar-refractivity contribution in [2.75, 3.05) is 31.1 Å². The van der Waals surface area contributed by atoms with Crippen molar-refractivity contribution < 1.29 is 9.59 Å². The van der Waals surface area contributed by atoms with Gasteiger partial charge in [0.2, 0.25) is 5.91 Å². The fourth-order valence-corrected chi connectivity index (χ4v) is 3.65. The predicted octanol–water partition coefficient (Wildman–Crippen LogP) is 3.41. The average molecular weight is 394 g/mol. The van der Waals surface area contributed by atoms with E-state index in [0.717, 1.165) is 18.7 Å². The second-order valence-corrected chi connectivity index (χ2v) is 8.21. The molecular formula is C24H31N3O2. The van der Waals surface area contributed by atoms with Crippen LogP contribution in [0.25, 0.3) is 0 Å². The van der Waals surface area contributed by atoms with Gasteiger partial charge in [0.25, 0.3) is 5.91 Å². The Morgan fingerprint density at radius 2 is 1.55 bits per heavy atom. The van der Waals surface area contributed by atoms with Crippen LogP contribution in [0.15, 0.2) is 48.5 Å². The van der Waals surface area contributed by atoms with E-state index in [-0.39, 0.29) is 17.7 Å². The van der Waals surface area contributed by atoms with Crippen molar-refractivity contribution in [1.29, 1.82) is 0 Å². The molecule has 0 radical (unpaired) electrons. The lowest BCUT2D eigenvalue weighted by Gasteiger charge is -2.38. The second-order valence-electron chi connectivity index (χ2n) is 8.21. The fourth-order valence-electron chi connectivity index (χ4n) is 3.65. The van der Waals surface area contributed by atoms with E-state index >= 15 is 0 Å². The van der Waals surface area contributed by atoms with E-state index in [0.29, 0.717) is 18.7 Å². The lowest BCUT2D eigenvalue weighted by atomic mass is 10.0. The average Bonchev–Trinajstić information content (AvgIpc) is 2.72. The Hall–Kier alpha value is -2.82. The number of hydrogen-bond acceptors (Lipinski definition) is 3. The Bertz CT molecular complexity index is 853. The summed E-state index contributed by atoms with van der Waals surface area (Å²) in [5, 5.41) is 2.96. The molecule has 29 heavy (non-hydrogen) atoms. The Kier molecular flexibility index (Phi) is 6.57. The van der Waals surface area contributed by atoms with Gasteiger partial charge >= 0.3 is 0 Å². The van der Waals surface area contributed by atoms with Gasteiger partial charge in [0.15, 0.2) is 0 Å². The largest absolute Gasteiger partial charge is 0.368 e. The first kappa shape index (κ1) is 20.9. The molecule has 5 nitrogen and oxygen atoms in total. The normalized spacial score (nSPS) is 15.3. The van der Waals surface area contributed by atoms with Gasteiger partial charge < -0.3 is 15.1 Å². The molecule has 3 rings (SSSR count). The predicted molar refractivity (Wildman–Crippen MR) is 117 cm³/mol. The zero-order chi connectivity index (χ0) is 21.0. The van der Waals surface area contributed by atoms with Crippen LogP contribution >= 0.6 is 0 Å². The molecule has 1 saturated heterocycles. The Morgan fingerprint density at radius 1 is 0.897 bits per heavy atom. The quantitative estimate of drug-likeness (QED) is 0.847. The molecule has 0 spiro atoms. The van der Waals surface area contributed by atoms with Crippen molar-refractivity contribution in [1.82, 2.24) is 10.2 Å². The summed E-state index contributed by atoms with van der Waals surface area (Å²) in [5.41, 5.74) is 4.12. The van der Waals surface area contributed by atoms with Gasteiger partial charge in [-0.15, -0.1) is 0 Å². The molecule has 0 bridgehead atoms. The molecule has 1 aliphatic rings. The molecule has 1 atom stereocenters. The van der Waals surface area contributed by atoms with Crippen LogP contribution in [0.1, 0.15) is 35.3 Å². The van der Waals surface area contributed by atoms with E-state index in [9.17, 15) is 9.59 Å². The minimum absolute atomic E-state index is 0.00403. The summed E-state index contributed by atoms with van der Waals surface area (Å²) in [6.45, 7) is 10.9. The van der Waals surface area contributed by atoms with Gasteiger partial charge in [0.05, 0.1) is 0 Å². The number of carbonyl (C=O) groups is 2. The number of anilines is 1. The number of amides is 2. The second kappa shape index (κ2) is 9.12. The number of rotatable bonds is 5. The van der Waals surface area contributed by atoms with Gasteiger partial charge in [-0.05, 0) is 49.6 Å². The Morgan fingerprint density at radius 3 is 2.14 bits per heavy atom. The van der Waals surface area contributed by atoms with Gasteiger partial charge in [0.1, 0.15) is 6.04 Å². The van der Waals surface area contributed by atoms with Gasteiger partial charge in [-0.25, -0.2) is 0 Å². The molecule has 1 heterocycles. The molecule has 0 saturated carbocycles. The standard InChI is InChI=1S/C24H31N3O2/c1-17(2)22(25-23(28)20-10-8-18(3)9-11-20)24(29)27-14-12-26(13-15-27)21-7-5-6-19(4)16-21/h5-11,16-17,22H,12-15H2,1-4H3,(H,25,28). The van der Waals surface area contributed by atoms with Crippen LogP contribution in [0.4, 0.5) is 5.69 Å². The molecule has 154 valence electrons. The summed E-state index contributed by atoms with van der Waals surface area (Å²) < 4.78 is 0. The highest BCUT2D eigenvalue weighted by Gasteiger charge is 2.31. The summed E-state index contributed by atoms with van der Waals surface area (Å²) in [6, 6.07) is 15.3. The minimum atomic E-state index is -0.519. The van der Waals surface area contributed by atoms with E-state index in [4.69, 9.17) is 0 Å². The highest BCUT2D eigenvalue weighted by atomic mass is 16.2. The van der Waals surface area contributed by atoms with Gasteiger partial charge in [-0.1, -0.05) is 43.7 Å². The molecule has 1 aliphatic heterocycles. The van der Waals surface area contributed by atoms with Gasteiger partial charge in [0, 0.05) is 37.4 Å². The highest BCUT2D eigenvalue weighted by Crippen LogP contribution is 2.19. The fraction of sp³-hybridized carbons (Fsp3) is 0.417. The number of benzene rings is 2. The maximum absolute atomic E-state index is 13.2. The van der Waals surface area contributed by atoms with Crippen LogP contribution in [-0.4, -0.2) is 48.9 Å². The molecular weight excluding hydrogens is 362 g/mol. The summed E-state index contributed by atoms with van der Waals surface area (Å²) in [7, 11) is 0. The molecule has 1 unspecified atom stereocenters. The first-order valence-electron chi connectivity index (χ1n) is 10.3. The van der Waals surface area contributed by atoms with E-state index in [1.54, 1.807) is 12.1 Å². The lowest BCUT2D eigenvalue weighted by Crippen LogP contribution is -2.56. The monoisotopic (exact) mass is 393 g/mol. The number of nitrogens with one attached hydrogen (secondary N) is 1. The third-order valence-corrected chi connectivity index (χ3v) is 5.49. The van der Waals surface area contributed by atoms with Gasteiger partial charge in [-0.3, -0.25) is 9.59 Å². The third kappa shape index (κ3) is 5.17. The number of hydrogen-bond donors (Lipinski definition) is 1. The summed E-state index contributed by atoms with van der Waals surface area (Å²) in [4.78, 5) is 30.0. The zero-order valence-electron chi connectivity index (χ0n) is 17.8. The van der Waals surface area contributed by atoms with Crippen molar-refractivity contribution in [2.45, 2.75) is 33.7 Å². The first-order valence-corrected chi connectivity index (χ1v) is 10.3. The van der Waals surface area contributed by atoms with Crippen LogP contribution in [0.3, 0.4) is 0 Å². The van der Waals surface area contributed by atoms with Crippen LogP contribution in [-0.2, 0) is 4.79 Å². The van der Waals surface area contributed by atoms with Crippen molar-refractivity contribution >= 4 is 17.5 Å². The molecule has 1 N–H and O–H groups in total. The third-order valence-electron chi connectivity index (χ3n) is 5.49. The Labute approximate surface area is 173 Å². The smallest absolute Gasteiger partial charge is 0.251 e. The highest BCUT2D eigenvalue weighted by molar-refractivity contribution is 5.97. The number of nitrogens with zero attached hydrogens (tertiary/aromatic N) is 2. The van der Waals surface area contributed by atoms with E-state index in [2.05, 4.69) is 41.4 Å². The van der Waals surface area contributed by atoms with Crippen LogP contribution in [0, 0.1) is 19.8 Å².